The smallest absolute Gasteiger partial charge is 0.251 e. The first kappa shape index (κ1) is 12.2. The number of aromatic nitrogens is 1. The number of carbonyl (C=O) groups is 1. The number of anilines is 1. The van der Waals surface area contributed by atoms with Crippen LogP contribution in [-0.2, 0) is 0 Å². The van der Waals surface area contributed by atoms with Crippen molar-refractivity contribution in [3.8, 4) is 0 Å². The Kier molecular flexibility index (Phi) is 3.84. The third kappa shape index (κ3) is 3.60. The van der Waals surface area contributed by atoms with Crippen LogP contribution in [0.2, 0.25) is 5.15 Å². The molecule has 0 bridgehead atoms. The summed E-state index contributed by atoms with van der Waals surface area (Å²) in [7, 11) is 0. The van der Waals surface area contributed by atoms with Crippen LogP contribution in [0.1, 0.15) is 30.1 Å². The van der Waals surface area contributed by atoms with Crippen LogP contribution in [0.5, 0.6) is 0 Å². The van der Waals surface area contributed by atoms with Crippen LogP contribution < -0.4 is 10.6 Å². The molecule has 1 saturated carbocycles. The van der Waals surface area contributed by atoms with Gasteiger partial charge in [-0.2, -0.15) is 0 Å². The third-order valence-corrected chi connectivity index (χ3v) is 2.86. The standard InChI is InChI=1S/C12H16ClN3O/c1-2-14-11-6-9(5-10(13)16-11)12(17)15-7-8-3-4-8/h5-6,8H,2-4,7H2,1H3,(H,14,16)(H,15,17). The Morgan fingerprint density at radius 1 is 1.53 bits per heavy atom. The van der Waals surface area contributed by atoms with Crippen molar-refractivity contribution in [3.63, 3.8) is 0 Å². The maximum absolute atomic E-state index is 11.9. The molecule has 92 valence electrons. The summed E-state index contributed by atoms with van der Waals surface area (Å²) < 4.78 is 0. The van der Waals surface area contributed by atoms with Crippen LogP contribution in [0.15, 0.2) is 12.1 Å². The van der Waals surface area contributed by atoms with Crippen LogP contribution in [0.25, 0.3) is 0 Å². The molecule has 1 amide bonds. The molecule has 4 nitrogen and oxygen atoms in total. The van der Waals surface area contributed by atoms with Crippen molar-refractivity contribution in [1.82, 2.24) is 10.3 Å². The summed E-state index contributed by atoms with van der Waals surface area (Å²) in [6.45, 7) is 3.47. The molecule has 1 aliphatic rings. The van der Waals surface area contributed by atoms with E-state index < -0.39 is 0 Å². The van der Waals surface area contributed by atoms with Crippen molar-refractivity contribution in [1.29, 1.82) is 0 Å². The zero-order valence-corrected chi connectivity index (χ0v) is 10.5. The molecule has 0 saturated heterocycles. The highest BCUT2D eigenvalue weighted by atomic mass is 35.5. The van der Waals surface area contributed by atoms with E-state index in [0.29, 0.717) is 22.5 Å². The van der Waals surface area contributed by atoms with E-state index in [0.717, 1.165) is 13.1 Å². The summed E-state index contributed by atoms with van der Waals surface area (Å²) in [6, 6.07) is 3.31. The highest BCUT2D eigenvalue weighted by Crippen LogP contribution is 2.27. The first-order chi connectivity index (χ1) is 8.19. The van der Waals surface area contributed by atoms with E-state index in [4.69, 9.17) is 11.6 Å². The van der Waals surface area contributed by atoms with E-state index in [-0.39, 0.29) is 5.91 Å². The van der Waals surface area contributed by atoms with Gasteiger partial charge in [-0.15, -0.1) is 0 Å². The van der Waals surface area contributed by atoms with Gasteiger partial charge in [-0.25, -0.2) is 4.98 Å². The van der Waals surface area contributed by atoms with Crippen molar-refractivity contribution in [2.45, 2.75) is 19.8 Å². The van der Waals surface area contributed by atoms with Crippen molar-refractivity contribution in [2.75, 3.05) is 18.4 Å². The average molecular weight is 254 g/mol. The molecular weight excluding hydrogens is 238 g/mol. The fraction of sp³-hybridized carbons (Fsp3) is 0.500. The summed E-state index contributed by atoms with van der Waals surface area (Å²) in [5.74, 6) is 1.22. The largest absolute Gasteiger partial charge is 0.370 e. The van der Waals surface area contributed by atoms with Gasteiger partial charge in [0.05, 0.1) is 0 Å². The summed E-state index contributed by atoms with van der Waals surface area (Å²) in [4.78, 5) is 15.9. The average Bonchev–Trinajstić information content (AvgIpc) is 3.09. The lowest BCUT2D eigenvalue weighted by atomic mass is 10.2. The molecule has 1 fully saturated rings. The SMILES string of the molecule is CCNc1cc(C(=O)NCC2CC2)cc(Cl)n1. The fourth-order valence-corrected chi connectivity index (χ4v) is 1.77. The Bertz CT molecular complexity index is 418. The first-order valence-electron chi connectivity index (χ1n) is 5.88. The van der Waals surface area contributed by atoms with E-state index in [9.17, 15) is 4.79 Å². The number of hydrogen-bond acceptors (Lipinski definition) is 3. The molecule has 0 unspecified atom stereocenters. The van der Waals surface area contributed by atoms with Crippen LogP contribution in [0.4, 0.5) is 5.82 Å². The maximum atomic E-state index is 11.9. The van der Waals surface area contributed by atoms with Gasteiger partial charge in [0, 0.05) is 18.7 Å². The molecule has 2 rings (SSSR count). The minimum Gasteiger partial charge on any atom is -0.370 e. The summed E-state index contributed by atoms with van der Waals surface area (Å²) >= 11 is 5.87. The third-order valence-electron chi connectivity index (χ3n) is 2.66. The Hall–Kier alpha value is -1.29. The zero-order chi connectivity index (χ0) is 12.3. The molecule has 5 heteroatoms. The monoisotopic (exact) mass is 253 g/mol. The van der Waals surface area contributed by atoms with Crippen LogP contribution >= 0.6 is 11.6 Å². The van der Waals surface area contributed by atoms with Gasteiger partial charge in [0.2, 0.25) is 0 Å². The molecule has 1 aliphatic carbocycles. The lowest BCUT2D eigenvalue weighted by Crippen LogP contribution is -2.25. The Morgan fingerprint density at radius 2 is 2.29 bits per heavy atom. The lowest BCUT2D eigenvalue weighted by Gasteiger charge is -2.07. The molecule has 1 aromatic rings. The quantitative estimate of drug-likeness (QED) is 0.792. The molecule has 2 N–H and O–H groups in total. The lowest BCUT2D eigenvalue weighted by molar-refractivity contribution is 0.0951. The highest BCUT2D eigenvalue weighted by Gasteiger charge is 2.22. The van der Waals surface area contributed by atoms with Crippen LogP contribution in [-0.4, -0.2) is 24.0 Å². The van der Waals surface area contributed by atoms with Crippen molar-refractivity contribution in [3.05, 3.63) is 22.8 Å². The fourth-order valence-electron chi connectivity index (χ4n) is 1.56. The van der Waals surface area contributed by atoms with Gasteiger partial charge in [0.25, 0.3) is 5.91 Å². The van der Waals surface area contributed by atoms with E-state index in [1.54, 1.807) is 12.1 Å². The minimum atomic E-state index is -0.0830. The van der Waals surface area contributed by atoms with Crippen molar-refractivity contribution < 1.29 is 4.79 Å². The number of hydrogen-bond donors (Lipinski definition) is 2. The predicted molar refractivity (Wildman–Crippen MR) is 68.5 cm³/mol. The Morgan fingerprint density at radius 3 is 2.94 bits per heavy atom. The van der Waals surface area contributed by atoms with Crippen molar-refractivity contribution >= 4 is 23.3 Å². The topological polar surface area (TPSA) is 54.0 Å². The zero-order valence-electron chi connectivity index (χ0n) is 9.79. The van der Waals surface area contributed by atoms with Crippen LogP contribution in [0, 0.1) is 5.92 Å². The van der Waals surface area contributed by atoms with E-state index >= 15 is 0 Å². The molecule has 1 heterocycles. The highest BCUT2D eigenvalue weighted by molar-refractivity contribution is 6.29. The molecule has 0 spiro atoms. The second kappa shape index (κ2) is 5.36. The van der Waals surface area contributed by atoms with Crippen LogP contribution in [0.3, 0.4) is 0 Å². The second-order valence-corrected chi connectivity index (χ2v) is 4.63. The van der Waals surface area contributed by atoms with Gasteiger partial charge in [0.15, 0.2) is 0 Å². The predicted octanol–water partition coefficient (Wildman–Crippen LogP) is 2.31. The molecule has 0 aromatic carbocycles. The van der Waals surface area contributed by atoms with Gasteiger partial charge >= 0.3 is 0 Å². The Balaban J connectivity index is 2.04. The van der Waals surface area contributed by atoms with Gasteiger partial charge in [-0.1, -0.05) is 11.6 Å². The molecular formula is C12H16ClN3O. The van der Waals surface area contributed by atoms with Gasteiger partial charge in [-0.3, -0.25) is 4.79 Å². The summed E-state index contributed by atoms with van der Waals surface area (Å²) in [5, 5.41) is 6.28. The number of amides is 1. The first-order valence-corrected chi connectivity index (χ1v) is 6.26. The Labute approximate surface area is 106 Å². The molecule has 0 atom stereocenters. The molecule has 17 heavy (non-hydrogen) atoms. The van der Waals surface area contributed by atoms with Gasteiger partial charge < -0.3 is 10.6 Å². The number of nitrogens with zero attached hydrogens (tertiary/aromatic N) is 1. The number of pyridine rings is 1. The molecule has 1 aromatic heterocycles. The number of carbonyl (C=O) groups excluding carboxylic acids is 1. The second-order valence-electron chi connectivity index (χ2n) is 4.25. The van der Waals surface area contributed by atoms with E-state index in [1.807, 2.05) is 6.92 Å². The molecule has 0 aliphatic heterocycles. The summed E-state index contributed by atoms with van der Waals surface area (Å²) in [6.07, 6.45) is 2.44. The maximum Gasteiger partial charge on any atom is 0.251 e. The van der Waals surface area contributed by atoms with Gasteiger partial charge in [0.1, 0.15) is 11.0 Å². The number of halogens is 1. The summed E-state index contributed by atoms with van der Waals surface area (Å²) in [5.41, 5.74) is 0.557. The number of nitrogens with one attached hydrogen (secondary N) is 2. The normalized spacial score (nSPS) is 14.5. The van der Waals surface area contributed by atoms with E-state index in [2.05, 4.69) is 15.6 Å². The van der Waals surface area contributed by atoms with Crippen molar-refractivity contribution in [2.24, 2.45) is 5.92 Å². The molecule has 0 radical (unpaired) electrons. The van der Waals surface area contributed by atoms with Gasteiger partial charge in [-0.05, 0) is 37.8 Å². The van der Waals surface area contributed by atoms with E-state index in [1.165, 1.54) is 12.8 Å². The number of rotatable bonds is 5. The minimum absolute atomic E-state index is 0.0830.